The highest BCUT2D eigenvalue weighted by molar-refractivity contribution is 9.10. The highest BCUT2D eigenvalue weighted by atomic mass is 79.9. The van der Waals surface area contributed by atoms with Gasteiger partial charge in [-0.1, -0.05) is 0 Å². The normalized spacial score (nSPS) is 9.75. The summed E-state index contributed by atoms with van der Waals surface area (Å²) >= 11 is 3.33. The van der Waals surface area contributed by atoms with E-state index in [-0.39, 0.29) is 0 Å². The smallest absolute Gasteiger partial charge is 0.203 e. The molecule has 2 rings (SSSR count). The Morgan fingerprint density at radius 1 is 1.44 bits per heavy atom. The molecule has 5 heteroatoms. The highest BCUT2D eigenvalue weighted by Crippen LogP contribution is 2.19. The average molecular weight is 278 g/mol. The van der Waals surface area contributed by atoms with E-state index in [0.29, 0.717) is 18.1 Å². The lowest BCUT2D eigenvalue weighted by atomic mass is 10.4. The summed E-state index contributed by atoms with van der Waals surface area (Å²) in [5.74, 6) is 1.04. The molecule has 80 valence electrons. The predicted molar refractivity (Wildman–Crippen MR) is 62.7 cm³/mol. The molecule has 0 amide bonds. The molecule has 0 aromatic carbocycles. The lowest BCUT2D eigenvalue weighted by molar-refractivity contribution is 0.506. The molecule has 0 spiro atoms. The molecule has 16 heavy (non-hydrogen) atoms. The lowest BCUT2D eigenvalue weighted by Crippen LogP contribution is -1.99. The minimum Gasteiger partial charge on any atom is -0.449 e. The van der Waals surface area contributed by atoms with E-state index in [9.17, 15) is 0 Å². The van der Waals surface area contributed by atoms with Crippen LogP contribution in [0.25, 0.3) is 0 Å². The number of halogens is 1. The van der Waals surface area contributed by atoms with Crippen molar-refractivity contribution < 1.29 is 4.42 Å². The van der Waals surface area contributed by atoms with Crippen molar-refractivity contribution in [3.05, 3.63) is 46.6 Å². The monoisotopic (exact) mass is 277 g/mol. The second kappa shape index (κ2) is 4.81. The van der Waals surface area contributed by atoms with E-state index in [4.69, 9.17) is 9.68 Å². The van der Waals surface area contributed by atoms with Gasteiger partial charge < -0.3 is 9.73 Å². The van der Waals surface area contributed by atoms with Gasteiger partial charge in [0.25, 0.3) is 0 Å². The fraction of sp³-hybridized carbons (Fsp3) is 0.0909. The second-order valence-corrected chi connectivity index (χ2v) is 3.82. The van der Waals surface area contributed by atoms with E-state index in [1.54, 1.807) is 18.3 Å². The Balaban J connectivity index is 2.03. The molecule has 0 unspecified atom stereocenters. The van der Waals surface area contributed by atoms with Crippen LogP contribution in [-0.2, 0) is 6.54 Å². The van der Waals surface area contributed by atoms with Gasteiger partial charge in [0.15, 0.2) is 0 Å². The van der Waals surface area contributed by atoms with Crippen molar-refractivity contribution in [2.75, 3.05) is 5.32 Å². The van der Waals surface area contributed by atoms with Crippen molar-refractivity contribution in [3.63, 3.8) is 0 Å². The van der Waals surface area contributed by atoms with Gasteiger partial charge in [-0.05, 0) is 40.2 Å². The summed E-state index contributed by atoms with van der Waals surface area (Å²) in [6, 6.07) is 9.11. The topological polar surface area (TPSA) is 61.9 Å². The Kier molecular flexibility index (Phi) is 3.22. The summed E-state index contributed by atoms with van der Waals surface area (Å²) in [5.41, 5.74) is 0.886. The molecule has 0 aliphatic heterocycles. The van der Waals surface area contributed by atoms with E-state index in [0.717, 1.165) is 10.3 Å². The van der Waals surface area contributed by atoms with Crippen LogP contribution in [0.1, 0.15) is 11.5 Å². The van der Waals surface area contributed by atoms with Gasteiger partial charge in [0.05, 0.1) is 12.2 Å². The maximum absolute atomic E-state index is 8.60. The number of nitrogens with zero attached hydrogens (tertiary/aromatic N) is 2. The number of aromatic nitrogens is 1. The van der Waals surface area contributed by atoms with E-state index in [2.05, 4.69) is 26.2 Å². The molecule has 0 atom stereocenters. The summed E-state index contributed by atoms with van der Waals surface area (Å²) in [7, 11) is 0. The average Bonchev–Trinajstić information content (AvgIpc) is 2.76. The fourth-order valence-corrected chi connectivity index (χ4v) is 1.62. The van der Waals surface area contributed by atoms with Gasteiger partial charge in [-0.3, -0.25) is 0 Å². The molecule has 0 aliphatic carbocycles. The number of anilines is 1. The Morgan fingerprint density at radius 2 is 2.31 bits per heavy atom. The SMILES string of the molecule is N#Cc1ccc(CNc2cccnc2Br)o1. The number of nitriles is 1. The van der Waals surface area contributed by atoms with Crippen molar-refractivity contribution in [1.82, 2.24) is 4.98 Å². The van der Waals surface area contributed by atoms with Crippen LogP contribution >= 0.6 is 15.9 Å². The van der Waals surface area contributed by atoms with Gasteiger partial charge in [-0.15, -0.1) is 0 Å². The van der Waals surface area contributed by atoms with Gasteiger partial charge in [0.1, 0.15) is 16.4 Å². The number of hydrogen-bond donors (Lipinski definition) is 1. The van der Waals surface area contributed by atoms with Crippen molar-refractivity contribution in [2.45, 2.75) is 6.54 Å². The number of rotatable bonds is 3. The number of pyridine rings is 1. The van der Waals surface area contributed by atoms with Crippen LogP contribution in [0.4, 0.5) is 5.69 Å². The Bertz CT molecular complexity index is 530. The van der Waals surface area contributed by atoms with Crippen LogP contribution in [-0.4, -0.2) is 4.98 Å². The van der Waals surface area contributed by atoms with Gasteiger partial charge in [0.2, 0.25) is 5.76 Å². The van der Waals surface area contributed by atoms with Crippen LogP contribution in [0.3, 0.4) is 0 Å². The van der Waals surface area contributed by atoms with E-state index in [1.807, 2.05) is 18.2 Å². The quantitative estimate of drug-likeness (QED) is 0.877. The van der Waals surface area contributed by atoms with Gasteiger partial charge in [-0.2, -0.15) is 5.26 Å². The van der Waals surface area contributed by atoms with Gasteiger partial charge >= 0.3 is 0 Å². The minimum absolute atomic E-state index is 0.321. The molecular formula is C11H8BrN3O. The maximum atomic E-state index is 8.60. The van der Waals surface area contributed by atoms with Crippen LogP contribution < -0.4 is 5.32 Å². The zero-order valence-electron chi connectivity index (χ0n) is 8.27. The molecule has 0 fully saturated rings. The molecule has 0 saturated heterocycles. The zero-order valence-corrected chi connectivity index (χ0v) is 9.86. The second-order valence-electron chi connectivity index (χ2n) is 3.07. The Morgan fingerprint density at radius 3 is 3.00 bits per heavy atom. The van der Waals surface area contributed by atoms with Crippen molar-refractivity contribution in [1.29, 1.82) is 5.26 Å². The first-order valence-corrected chi connectivity index (χ1v) is 5.42. The lowest BCUT2D eigenvalue weighted by Gasteiger charge is -2.05. The van der Waals surface area contributed by atoms with Crippen LogP contribution in [0.15, 0.2) is 39.5 Å². The van der Waals surface area contributed by atoms with Crippen LogP contribution in [0.5, 0.6) is 0 Å². The summed E-state index contributed by atoms with van der Waals surface area (Å²) in [6.07, 6.45) is 1.70. The minimum atomic E-state index is 0.321. The first-order valence-electron chi connectivity index (χ1n) is 4.63. The molecule has 0 bridgehead atoms. The maximum Gasteiger partial charge on any atom is 0.203 e. The third-order valence-corrected chi connectivity index (χ3v) is 2.62. The van der Waals surface area contributed by atoms with Crippen molar-refractivity contribution in [3.8, 4) is 6.07 Å². The first-order chi connectivity index (χ1) is 7.79. The van der Waals surface area contributed by atoms with Gasteiger partial charge in [-0.25, -0.2) is 4.98 Å². The highest BCUT2D eigenvalue weighted by Gasteiger charge is 2.02. The Hall–Kier alpha value is -1.80. The van der Waals surface area contributed by atoms with E-state index < -0.39 is 0 Å². The standard InChI is InChI=1S/C11H8BrN3O/c12-11-10(2-1-5-14-11)15-7-9-4-3-8(6-13)16-9/h1-5,15H,7H2. The molecule has 0 aliphatic rings. The van der Waals surface area contributed by atoms with E-state index >= 15 is 0 Å². The molecule has 0 saturated carbocycles. The molecule has 0 radical (unpaired) electrons. The molecule has 2 aromatic heterocycles. The third-order valence-electron chi connectivity index (χ3n) is 1.98. The van der Waals surface area contributed by atoms with Crippen LogP contribution in [0.2, 0.25) is 0 Å². The molecule has 1 N–H and O–H groups in total. The summed E-state index contributed by atoms with van der Waals surface area (Å²) in [4.78, 5) is 4.08. The Labute approximate surface area is 101 Å². The largest absolute Gasteiger partial charge is 0.449 e. The fourth-order valence-electron chi connectivity index (χ4n) is 1.23. The molecule has 2 aromatic rings. The summed E-state index contributed by atoms with van der Waals surface area (Å²) in [6.45, 7) is 0.520. The molecule has 2 heterocycles. The number of furan rings is 1. The van der Waals surface area contributed by atoms with Crippen molar-refractivity contribution in [2.24, 2.45) is 0 Å². The van der Waals surface area contributed by atoms with E-state index in [1.165, 1.54) is 0 Å². The van der Waals surface area contributed by atoms with Gasteiger partial charge in [0, 0.05) is 6.20 Å². The predicted octanol–water partition coefficient (Wildman–Crippen LogP) is 2.92. The third kappa shape index (κ3) is 2.41. The van der Waals surface area contributed by atoms with Crippen molar-refractivity contribution >= 4 is 21.6 Å². The summed E-state index contributed by atoms with van der Waals surface area (Å²) < 4.78 is 5.99. The molecular weight excluding hydrogens is 270 g/mol. The number of nitrogens with one attached hydrogen (secondary N) is 1. The number of hydrogen-bond acceptors (Lipinski definition) is 4. The molecule has 4 nitrogen and oxygen atoms in total. The first kappa shape index (κ1) is 10.7. The van der Waals surface area contributed by atoms with Crippen LogP contribution in [0, 0.1) is 11.3 Å². The summed E-state index contributed by atoms with van der Waals surface area (Å²) in [5, 5.41) is 11.8. The zero-order chi connectivity index (χ0) is 11.4.